The number of aromatic nitrogens is 5. The lowest BCUT2D eigenvalue weighted by molar-refractivity contribution is 1.06. The summed E-state index contributed by atoms with van der Waals surface area (Å²) < 4.78 is 4.24. The van der Waals surface area contributed by atoms with Crippen molar-refractivity contribution in [3.05, 3.63) is 234 Å². The van der Waals surface area contributed by atoms with Crippen LogP contribution in [0.2, 0.25) is 0 Å². The molecule has 0 saturated heterocycles. The third kappa shape index (κ3) is 7.13. The van der Waals surface area contributed by atoms with Crippen molar-refractivity contribution in [3.8, 4) is 86.0 Å². The van der Waals surface area contributed by atoms with Crippen LogP contribution in [0.25, 0.3) is 121 Å². The van der Waals surface area contributed by atoms with Crippen LogP contribution in [0.4, 0.5) is 11.4 Å². The monoisotopic (exact) mass is 916 g/mol. The number of nitriles is 3. The van der Waals surface area contributed by atoms with E-state index in [1.807, 2.05) is 133 Å². The molecule has 10 nitrogen and oxygen atoms in total. The maximum atomic E-state index is 11.7. The van der Waals surface area contributed by atoms with Gasteiger partial charge in [-0.05, 0) is 107 Å². The average molecular weight is 917 g/mol. The fourth-order valence-corrected chi connectivity index (χ4v) is 9.78. The maximum absolute atomic E-state index is 11.7. The molecule has 0 saturated carbocycles. The molecule has 12 aromatic rings. The van der Waals surface area contributed by atoms with Crippen molar-refractivity contribution < 1.29 is 0 Å². The minimum atomic E-state index is 0.377. The van der Waals surface area contributed by atoms with Crippen molar-refractivity contribution >= 4 is 55.0 Å². The van der Waals surface area contributed by atoms with E-state index in [1.165, 1.54) is 0 Å². The molecule has 0 bridgehead atoms. The first-order chi connectivity index (χ1) is 35.4. The second kappa shape index (κ2) is 17.3. The number of para-hydroxylation sites is 2. The molecule has 0 aliphatic rings. The Balaban J connectivity index is 1.17. The lowest BCUT2D eigenvalue weighted by Gasteiger charge is -2.18. The fraction of sp³-hybridized carbons (Fsp3) is 0. The van der Waals surface area contributed by atoms with Crippen molar-refractivity contribution in [2.75, 3.05) is 0 Å². The van der Waals surface area contributed by atoms with E-state index in [0.717, 1.165) is 77.0 Å². The number of hydrogen-bond acceptors (Lipinski definition) is 6. The minimum absolute atomic E-state index is 0.377. The summed E-state index contributed by atoms with van der Waals surface area (Å²) in [6.45, 7) is 15.4. The van der Waals surface area contributed by atoms with Gasteiger partial charge in [-0.2, -0.15) is 15.8 Å². The van der Waals surface area contributed by atoms with Gasteiger partial charge in [0.1, 0.15) is 11.6 Å². The van der Waals surface area contributed by atoms with Crippen molar-refractivity contribution in [1.82, 2.24) is 24.1 Å². The highest BCUT2D eigenvalue weighted by atomic mass is 15.1. The molecule has 0 N–H and O–H groups in total. The van der Waals surface area contributed by atoms with E-state index in [9.17, 15) is 15.8 Å². The Kier molecular flexibility index (Phi) is 10.2. The Bertz CT molecular complexity index is 4120. The van der Waals surface area contributed by atoms with Gasteiger partial charge >= 0.3 is 0 Å². The first-order valence-electron chi connectivity index (χ1n) is 22.8. The van der Waals surface area contributed by atoms with Gasteiger partial charge < -0.3 is 9.13 Å². The lowest BCUT2D eigenvalue weighted by Crippen LogP contribution is -2.07. The lowest BCUT2D eigenvalue weighted by atomic mass is 10.00. The predicted molar refractivity (Wildman–Crippen MR) is 282 cm³/mol. The quantitative estimate of drug-likeness (QED) is 0.146. The molecule has 72 heavy (non-hydrogen) atoms. The van der Waals surface area contributed by atoms with Gasteiger partial charge in [-0.25, -0.2) is 24.6 Å². The smallest absolute Gasteiger partial charge is 0.189 e. The molecular weight excluding hydrogens is 885 g/mol. The molecule has 0 amide bonds. The van der Waals surface area contributed by atoms with Gasteiger partial charge in [0.15, 0.2) is 28.8 Å². The molecule has 0 atom stereocenters. The van der Waals surface area contributed by atoms with Crippen LogP contribution in [-0.4, -0.2) is 24.1 Å². The van der Waals surface area contributed by atoms with E-state index in [1.54, 1.807) is 36.4 Å². The number of rotatable bonds is 7. The molecule has 10 heteroatoms. The number of nitrogens with zero attached hydrogens (tertiary/aromatic N) is 10. The molecular formula is C62H32N10. The van der Waals surface area contributed by atoms with E-state index in [2.05, 4.69) is 61.3 Å². The van der Waals surface area contributed by atoms with Gasteiger partial charge in [-0.15, -0.1) is 0 Å². The van der Waals surface area contributed by atoms with Crippen LogP contribution in [-0.2, 0) is 0 Å². The first kappa shape index (κ1) is 42.4. The second-order valence-corrected chi connectivity index (χ2v) is 17.2. The Morgan fingerprint density at radius 3 is 1.17 bits per heavy atom. The Morgan fingerprint density at radius 2 is 0.750 bits per heavy atom. The summed E-state index contributed by atoms with van der Waals surface area (Å²) in [4.78, 5) is 22.7. The van der Waals surface area contributed by atoms with Crippen LogP contribution in [0, 0.1) is 47.1 Å². The van der Waals surface area contributed by atoms with E-state index in [4.69, 9.17) is 28.1 Å². The summed E-state index contributed by atoms with van der Waals surface area (Å²) in [5.74, 6) is 1.38. The first-order valence-corrected chi connectivity index (χ1v) is 22.8. The van der Waals surface area contributed by atoms with E-state index in [0.29, 0.717) is 62.5 Å². The number of hydrogen-bond donors (Lipinski definition) is 0. The number of fused-ring (bicyclic) bond motifs is 6. The van der Waals surface area contributed by atoms with Crippen LogP contribution < -0.4 is 0 Å². The van der Waals surface area contributed by atoms with Crippen molar-refractivity contribution in [2.24, 2.45) is 0 Å². The standard InChI is InChI=1S/C62H32N10/c1-66-47-27-38(35-63)25-44(29-47)42-21-23-56-51(31-42)49-17-9-11-19-54(49)71(56)58-33-46(62-69-60(40-13-5-3-6-14-40)68-61(70-62)41-15-7-4-8-16-41)34-59(53(58)37-65)72-55-20-12-10-18-50(55)52-32-43(22-24-57(52)72)45-26-39(36-64)28-48(30-45)67-2/h3-34H. The molecule has 0 spiro atoms. The van der Waals surface area contributed by atoms with Gasteiger partial charge in [-0.3, -0.25) is 0 Å². The molecule has 12 rings (SSSR count). The third-order valence-electron chi connectivity index (χ3n) is 13.0. The largest absolute Gasteiger partial charge is 0.308 e. The zero-order valence-corrected chi connectivity index (χ0v) is 37.9. The summed E-state index contributed by atoms with van der Waals surface area (Å²) in [5, 5.41) is 35.1. The average Bonchev–Trinajstić information content (AvgIpc) is 3.96. The van der Waals surface area contributed by atoms with Crippen molar-refractivity contribution in [2.45, 2.75) is 0 Å². The molecule has 0 aliphatic heterocycles. The second-order valence-electron chi connectivity index (χ2n) is 17.2. The third-order valence-corrected chi connectivity index (χ3v) is 13.0. The van der Waals surface area contributed by atoms with Gasteiger partial charge in [0.25, 0.3) is 0 Å². The van der Waals surface area contributed by atoms with Crippen molar-refractivity contribution in [3.63, 3.8) is 0 Å². The SMILES string of the molecule is [C-]#[N+]c1cc(C#N)cc(-c2ccc3c(c2)c2ccccc2n3-c2cc(-c3nc(-c4ccccc4)nc(-c4ccccc4)n3)cc(-n3c4ccccc4c4cc(-c5cc(C#N)cc([N+]#[C-])c5)ccc43)c2C#N)c1. The topological polar surface area (TPSA) is 129 Å². The highest BCUT2D eigenvalue weighted by Gasteiger charge is 2.25. The molecule has 0 fully saturated rings. The fourth-order valence-electron chi connectivity index (χ4n) is 9.78. The minimum Gasteiger partial charge on any atom is -0.308 e. The summed E-state index contributed by atoms with van der Waals surface area (Å²) in [5.41, 5.74) is 11.9. The molecule has 0 radical (unpaired) electrons. The van der Waals surface area contributed by atoms with Crippen LogP contribution in [0.5, 0.6) is 0 Å². The van der Waals surface area contributed by atoms with Crippen LogP contribution in [0.3, 0.4) is 0 Å². The molecule has 3 aromatic heterocycles. The highest BCUT2D eigenvalue weighted by Crippen LogP contribution is 2.42. The van der Waals surface area contributed by atoms with Crippen molar-refractivity contribution in [1.29, 1.82) is 15.8 Å². The molecule has 3 heterocycles. The number of benzene rings is 9. The highest BCUT2D eigenvalue weighted by molar-refractivity contribution is 6.12. The summed E-state index contributed by atoms with van der Waals surface area (Å²) in [6, 6.07) is 69.4. The van der Waals surface area contributed by atoms with Crippen LogP contribution in [0.1, 0.15) is 16.7 Å². The van der Waals surface area contributed by atoms with Crippen LogP contribution in [0.15, 0.2) is 194 Å². The Labute approximate surface area is 412 Å². The van der Waals surface area contributed by atoms with Gasteiger partial charge in [0, 0.05) is 49.4 Å². The van der Waals surface area contributed by atoms with Gasteiger partial charge in [-0.1, -0.05) is 109 Å². The zero-order valence-electron chi connectivity index (χ0n) is 37.9. The Hall–Kier alpha value is -11.0. The van der Waals surface area contributed by atoms with Gasteiger partial charge in [0.05, 0.1) is 58.7 Å². The molecule has 9 aromatic carbocycles. The molecule has 0 aliphatic carbocycles. The summed E-state index contributed by atoms with van der Waals surface area (Å²) in [7, 11) is 0. The zero-order chi connectivity index (χ0) is 48.9. The molecule has 330 valence electrons. The van der Waals surface area contributed by atoms with E-state index in [-0.39, 0.29) is 0 Å². The maximum Gasteiger partial charge on any atom is 0.189 e. The normalized spacial score (nSPS) is 11.0. The summed E-state index contributed by atoms with van der Waals surface area (Å²) >= 11 is 0. The van der Waals surface area contributed by atoms with Gasteiger partial charge in [0.2, 0.25) is 0 Å². The predicted octanol–water partition coefficient (Wildman–Crippen LogP) is 15.1. The Morgan fingerprint density at radius 1 is 0.347 bits per heavy atom. The van der Waals surface area contributed by atoms with E-state index >= 15 is 0 Å². The molecule has 0 unspecified atom stereocenters. The van der Waals surface area contributed by atoms with Crippen LogP contribution >= 0.6 is 0 Å². The van der Waals surface area contributed by atoms with E-state index < -0.39 is 0 Å². The summed E-state index contributed by atoms with van der Waals surface area (Å²) in [6.07, 6.45) is 0.